The van der Waals surface area contributed by atoms with Gasteiger partial charge in [-0.05, 0) is 56.7 Å². The van der Waals surface area contributed by atoms with Gasteiger partial charge in [-0.2, -0.15) is 0 Å². The molecule has 2 aliphatic heterocycles. The lowest BCUT2D eigenvalue weighted by molar-refractivity contribution is -0.164. The number of rotatable bonds is 5. The van der Waals surface area contributed by atoms with E-state index in [1.807, 2.05) is 19.1 Å². The quantitative estimate of drug-likeness (QED) is 0.432. The van der Waals surface area contributed by atoms with Gasteiger partial charge in [0, 0.05) is 37.2 Å². The molecule has 0 radical (unpaired) electrons. The molecule has 2 aromatic carbocycles. The molecule has 0 saturated carbocycles. The molecule has 10 heteroatoms. The van der Waals surface area contributed by atoms with Gasteiger partial charge in [0.2, 0.25) is 0 Å². The van der Waals surface area contributed by atoms with Crippen molar-refractivity contribution in [2.75, 3.05) is 32.8 Å². The van der Waals surface area contributed by atoms with Crippen LogP contribution in [0, 0.1) is 35.7 Å². The summed E-state index contributed by atoms with van der Waals surface area (Å²) in [6.07, 6.45) is 0.426. The Balaban J connectivity index is 1.36. The molecule has 2 saturated heterocycles. The van der Waals surface area contributed by atoms with Gasteiger partial charge in [-0.1, -0.05) is 23.8 Å². The summed E-state index contributed by atoms with van der Waals surface area (Å²) in [6, 6.07) is 12.5. The number of piperidine rings is 1. The molecule has 3 aromatic rings. The van der Waals surface area contributed by atoms with Crippen molar-refractivity contribution in [1.29, 1.82) is 0 Å². The zero-order valence-corrected chi connectivity index (χ0v) is 22.1. The molecule has 1 spiro atoms. The fourth-order valence-corrected chi connectivity index (χ4v) is 5.53. The monoisotopic (exact) mass is 551 g/mol. The maximum Gasteiger partial charge on any atom is 0.311 e. The third-order valence-electron chi connectivity index (χ3n) is 7.74. The van der Waals surface area contributed by atoms with Crippen LogP contribution in [0.15, 0.2) is 54.6 Å². The van der Waals surface area contributed by atoms with Crippen LogP contribution in [0.2, 0.25) is 0 Å². The Morgan fingerprint density at radius 3 is 2.25 bits per heavy atom. The highest BCUT2D eigenvalue weighted by molar-refractivity contribution is 5.95. The Labute approximate surface area is 229 Å². The Hall–Kier alpha value is -4.21. The van der Waals surface area contributed by atoms with E-state index in [2.05, 4.69) is 4.98 Å². The summed E-state index contributed by atoms with van der Waals surface area (Å²) >= 11 is 0. The second-order valence-electron chi connectivity index (χ2n) is 10.3. The van der Waals surface area contributed by atoms with Gasteiger partial charge in [-0.15, -0.1) is 0 Å². The summed E-state index contributed by atoms with van der Waals surface area (Å²) in [7, 11) is 0. The smallest absolute Gasteiger partial charge is 0.311 e. The Morgan fingerprint density at radius 2 is 1.60 bits per heavy atom. The van der Waals surface area contributed by atoms with Crippen LogP contribution in [0.1, 0.15) is 39.8 Å². The topological polar surface area (TPSA) is 79.8 Å². The Kier molecular flexibility index (Phi) is 7.35. The third kappa shape index (κ3) is 4.94. The molecule has 40 heavy (non-hydrogen) atoms. The summed E-state index contributed by atoms with van der Waals surface area (Å²) in [4.78, 5) is 46.5. The fourth-order valence-electron chi connectivity index (χ4n) is 5.53. The van der Waals surface area contributed by atoms with Crippen molar-refractivity contribution in [3.05, 3.63) is 88.9 Å². The van der Waals surface area contributed by atoms with Crippen molar-refractivity contribution in [3.63, 3.8) is 0 Å². The zero-order chi connectivity index (χ0) is 28.6. The number of esters is 1. The van der Waals surface area contributed by atoms with Gasteiger partial charge in [0.15, 0.2) is 0 Å². The number of aromatic nitrogens is 1. The molecule has 2 fully saturated rings. The van der Waals surface area contributed by atoms with E-state index in [9.17, 15) is 27.6 Å². The molecule has 0 aliphatic carbocycles. The highest BCUT2D eigenvalue weighted by Gasteiger charge is 2.56. The number of pyridine rings is 1. The number of benzene rings is 2. The van der Waals surface area contributed by atoms with E-state index in [1.54, 1.807) is 24.0 Å². The van der Waals surface area contributed by atoms with Gasteiger partial charge in [-0.25, -0.2) is 18.2 Å². The molecule has 1 unspecified atom stereocenters. The molecule has 0 N–H and O–H groups in total. The van der Waals surface area contributed by atoms with Crippen LogP contribution in [-0.2, 0) is 9.53 Å². The molecule has 3 heterocycles. The summed E-state index contributed by atoms with van der Waals surface area (Å²) in [5.74, 6) is -4.89. The average molecular weight is 552 g/mol. The number of carbonyl (C=O) groups excluding carboxylic acids is 3. The first kappa shape index (κ1) is 27.4. The van der Waals surface area contributed by atoms with Crippen LogP contribution in [-0.4, -0.2) is 65.4 Å². The van der Waals surface area contributed by atoms with Crippen molar-refractivity contribution in [2.45, 2.75) is 20.3 Å². The van der Waals surface area contributed by atoms with Crippen molar-refractivity contribution in [1.82, 2.24) is 14.8 Å². The van der Waals surface area contributed by atoms with Crippen LogP contribution < -0.4 is 0 Å². The molecule has 1 atom stereocenters. The molecule has 2 amide bonds. The number of likely N-dealkylation sites (tertiary alicyclic amines) is 2. The normalized spacial score (nSPS) is 17.9. The lowest BCUT2D eigenvalue weighted by Gasteiger charge is -2.56. The minimum absolute atomic E-state index is 0.00662. The summed E-state index contributed by atoms with van der Waals surface area (Å²) in [5, 5.41) is 0. The second-order valence-corrected chi connectivity index (χ2v) is 10.3. The van der Waals surface area contributed by atoms with Crippen molar-refractivity contribution in [2.24, 2.45) is 11.3 Å². The van der Waals surface area contributed by atoms with Crippen molar-refractivity contribution >= 4 is 17.8 Å². The SMILES string of the molecule is CCOC(=O)C1CN(C(=O)c2ccc(F)c(-c3c(F)cccc3F)n2)CCC12CN(C(=O)c1ccc(C)cc1)C2. The maximum atomic E-state index is 14.6. The van der Waals surface area contributed by atoms with E-state index >= 15 is 0 Å². The predicted octanol–water partition coefficient (Wildman–Crippen LogP) is 4.64. The maximum absolute atomic E-state index is 14.6. The van der Waals surface area contributed by atoms with E-state index in [4.69, 9.17) is 4.74 Å². The first-order valence-electron chi connectivity index (χ1n) is 13.1. The van der Waals surface area contributed by atoms with Gasteiger partial charge in [0.1, 0.15) is 28.8 Å². The summed E-state index contributed by atoms with van der Waals surface area (Å²) in [5.41, 5.74) is -0.433. The third-order valence-corrected chi connectivity index (χ3v) is 7.74. The Bertz CT molecular complexity index is 1450. The van der Waals surface area contributed by atoms with Gasteiger partial charge < -0.3 is 14.5 Å². The molecule has 1 aromatic heterocycles. The van der Waals surface area contributed by atoms with Crippen LogP contribution in [0.25, 0.3) is 11.3 Å². The van der Waals surface area contributed by atoms with Crippen LogP contribution in [0.5, 0.6) is 0 Å². The standard InChI is InChI=1S/C30H28F3N3O4/c1-3-40-29(39)20-15-35(14-13-30(20)16-36(17-30)27(37)19-9-7-18(2)8-10-19)28(38)24-12-11-23(33)26(34-24)25-21(31)5-4-6-22(25)32/h4-12,20H,3,13-17H2,1-2H3. The largest absolute Gasteiger partial charge is 0.466 e. The number of halogens is 3. The number of aryl methyl sites for hydroxylation is 1. The summed E-state index contributed by atoms with van der Waals surface area (Å²) in [6.45, 7) is 4.73. The molecule has 7 nitrogen and oxygen atoms in total. The number of nitrogens with zero attached hydrogens (tertiary/aromatic N) is 3. The van der Waals surface area contributed by atoms with Crippen LogP contribution in [0.4, 0.5) is 13.2 Å². The van der Waals surface area contributed by atoms with E-state index in [-0.39, 0.29) is 31.3 Å². The second kappa shape index (κ2) is 10.7. The number of ether oxygens (including phenoxy) is 1. The fraction of sp³-hybridized carbons (Fsp3) is 0.333. The highest BCUT2D eigenvalue weighted by Crippen LogP contribution is 2.46. The Morgan fingerprint density at radius 1 is 0.925 bits per heavy atom. The first-order chi connectivity index (χ1) is 19.1. The van der Waals surface area contributed by atoms with Crippen LogP contribution >= 0.6 is 0 Å². The van der Waals surface area contributed by atoms with Gasteiger partial charge in [-0.3, -0.25) is 14.4 Å². The van der Waals surface area contributed by atoms with Crippen molar-refractivity contribution in [3.8, 4) is 11.3 Å². The number of carbonyl (C=O) groups is 3. The lowest BCUT2D eigenvalue weighted by Crippen LogP contribution is -2.67. The lowest BCUT2D eigenvalue weighted by atomic mass is 9.64. The molecule has 0 bridgehead atoms. The van der Waals surface area contributed by atoms with E-state index in [0.29, 0.717) is 25.1 Å². The van der Waals surface area contributed by atoms with Crippen molar-refractivity contribution < 1.29 is 32.3 Å². The molecular weight excluding hydrogens is 523 g/mol. The molecule has 208 valence electrons. The van der Waals surface area contributed by atoms with Gasteiger partial charge in [0.25, 0.3) is 11.8 Å². The zero-order valence-electron chi connectivity index (χ0n) is 22.1. The minimum Gasteiger partial charge on any atom is -0.466 e. The van der Waals surface area contributed by atoms with E-state index in [0.717, 1.165) is 35.9 Å². The first-order valence-corrected chi connectivity index (χ1v) is 13.1. The number of amides is 2. The number of hydrogen-bond donors (Lipinski definition) is 0. The number of hydrogen-bond acceptors (Lipinski definition) is 5. The molecule has 5 rings (SSSR count). The molecular formula is C30H28F3N3O4. The van der Waals surface area contributed by atoms with Gasteiger partial charge in [0.05, 0.1) is 18.1 Å². The average Bonchev–Trinajstić information content (AvgIpc) is 2.92. The van der Waals surface area contributed by atoms with E-state index in [1.165, 1.54) is 4.90 Å². The minimum atomic E-state index is -1.01. The molecule has 2 aliphatic rings. The highest BCUT2D eigenvalue weighted by atomic mass is 19.1. The summed E-state index contributed by atoms with van der Waals surface area (Å²) < 4.78 is 48.6. The predicted molar refractivity (Wildman–Crippen MR) is 140 cm³/mol. The van der Waals surface area contributed by atoms with E-state index < -0.39 is 51.9 Å². The van der Waals surface area contributed by atoms with Gasteiger partial charge >= 0.3 is 5.97 Å². The van der Waals surface area contributed by atoms with Crippen LogP contribution in [0.3, 0.4) is 0 Å².